The third-order valence-corrected chi connectivity index (χ3v) is 8.30. The molecule has 0 saturated carbocycles. The molecular weight excluding hydrogens is 536 g/mol. The molecule has 192 valence electrons. The Morgan fingerprint density at radius 3 is 2.64 bits per heavy atom. The monoisotopic (exact) mass is 556 g/mol. The number of hydrogen-bond donors (Lipinski definition) is 4. The molecule has 1 fully saturated rings. The number of carbonyl (C=O) groups excluding carboxylic acids is 2. The molecule has 2 amide bonds. The number of carbonyl (C=O) groups is 3. The Morgan fingerprint density at radius 2 is 2.00 bits per heavy atom. The number of aliphatic hydroxyl groups is 1. The minimum absolute atomic E-state index is 0.0279. The number of carboxylic acid groups (broad SMARTS) is 1. The molecule has 2 aromatic rings. The normalized spacial score (nSPS) is 20.5. The van der Waals surface area contributed by atoms with E-state index in [0.29, 0.717) is 11.1 Å². The number of tetrazole rings is 1. The van der Waals surface area contributed by atoms with E-state index in [-0.39, 0.29) is 22.4 Å². The number of hydrogen-bond acceptors (Lipinski definition) is 11. The molecular formula is C19H20N6O8S3. The Balaban J connectivity index is 1.45. The van der Waals surface area contributed by atoms with Crippen molar-refractivity contribution in [2.75, 3.05) is 11.5 Å². The number of carboxylic acids is 1. The van der Waals surface area contributed by atoms with Gasteiger partial charge in [0.1, 0.15) is 17.1 Å². The van der Waals surface area contributed by atoms with Gasteiger partial charge >= 0.3 is 5.97 Å². The quantitative estimate of drug-likeness (QED) is 0.173. The van der Waals surface area contributed by atoms with Crippen LogP contribution < -0.4 is 5.32 Å². The number of benzene rings is 1. The minimum Gasteiger partial charge on any atom is -0.477 e. The lowest BCUT2D eigenvalue weighted by Gasteiger charge is -2.49. The highest BCUT2D eigenvalue weighted by Crippen LogP contribution is 2.41. The summed E-state index contributed by atoms with van der Waals surface area (Å²) in [6.45, 7) is 1.86. The van der Waals surface area contributed by atoms with E-state index in [1.165, 1.54) is 11.8 Å². The van der Waals surface area contributed by atoms with Crippen LogP contribution in [0.1, 0.15) is 17.2 Å². The van der Waals surface area contributed by atoms with Crippen LogP contribution in [0.4, 0.5) is 0 Å². The summed E-state index contributed by atoms with van der Waals surface area (Å²) in [4.78, 5) is 38.5. The maximum Gasteiger partial charge on any atom is 0.352 e. The molecule has 17 heteroatoms. The zero-order valence-electron chi connectivity index (χ0n) is 18.5. The van der Waals surface area contributed by atoms with Gasteiger partial charge in [0.15, 0.2) is 12.0 Å². The standard InChI is InChI=1S/C19H20N6O8S3/c1-9-2-4-10(5-3-9)14(26)15(27)20-12-16(28)25-13(18(29)30)11(6-34-17(12)25)7-35-19-21-22-23-24(19)8-36(31,32)33/h2-5,12,14,17,26H,6-8H2,1H3,(H,20,27)(H,29,30)(H,31,32,33)/t12-,14-,17-/m1/s1. The molecule has 0 unspecified atom stereocenters. The van der Waals surface area contributed by atoms with Gasteiger partial charge in [0, 0.05) is 11.5 Å². The molecule has 3 heterocycles. The highest BCUT2D eigenvalue weighted by atomic mass is 32.2. The van der Waals surface area contributed by atoms with E-state index in [1.54, 1.807) is 24.3 Å². The maximum atomic E-state index is 12.8. The topological polar surface area (TPSA) is 205 Å². The number of rotatable bonds is 9. The van der Waals surface area contributed by atoms with Gasteiger partial charge in [-0.15, -0.1) is 16.9 Å². The van der Waals surface area contributed by atoms with Gasteiger partial charge in [-0.2, -0.15) is 8.42 Å². The van der Waals surface area contributed by atoms with Gasteiger partial charge in [0.2, 0.25) is 5.16 Å². The highest BCUT2D eigenvalue weighted by Gasteiger charge is 2.54. The molecule has 0 radical (unpaired) electrons. The molecule has 4 N–H and O–H groups in total. The average molecular weight is 557 g/mol. The molecule has 0 aliphatic carbocycles. The SMILES string of the molecule is Cc1ccc([C@@H](O)C(=O)N[C@@H]2C(=O)N3C(C(=O)O)=C(CSc4nnnn4CS(=O)(=O)O)CS[C@H]23)cc1. The lowest BCUT2D eigenvalue weighted by molar-refractivity contribution is -0.151. The fourth-order valence-electron chi connectivity index (χ4n) is 3.61. The summed E-state index contributed by atoms with van der Waals surface area (Å²) < 4.78 is 32.1. The Labute approximate surface area is 212 Å². The van der Waals surface area contributed by atoms with E-state index in [2.05, 4.69) is 20.8 Å². The van der Waals surface area contributed by atoms with Crippen LogP contribution in [0.2, 0.25) is 0 Å². The fourth-order valence-corrected chi connectivity index (χ4v) is 6.54. The molecule has 36 heavy (non-hydrogen) atoms. The molecule has 0 spiro atoms. The van der Waals surface area contributed by atoms with Crippen LogP contribution in [0.15, 0.2) is 40.7 Å². The molecule has 3 atom stereocenters. The predicted octanol–water partition coefficient (Wildman–Crippen LogP) is -0.609. The average Bonchev–Trinajstić information content (AvgIpc) is 3.25. The van der Waals surface area contributed by atoms with E-state index in [0.717, 1.165) is 26.9 Å². The van der Waals surface area contributed by atoms with Gasteiger partial charge in [-0.1, -0.05) is 41.6 Å². The summed E-state index contributed by atoms with van der Waals surface area (Å²) >= 11 is 2.18. The lowest BCUT2D eigenvalue weighted by Crippen LogP contribution is -2.70. The molecule has 0 bridgehead atoms. The number of nitrogens with one attached hydrogen (secondary N) is 1. The Morgan fingerprint density at radius 1 is 1.31 bits per heavy atom. The van der Waals surface area contributed by atoms with E-state index >= 15 is 0 Å². The van der Waals surface area contributed by atoms with Crippen LogP contribution in [0, 0.1) is 6.92 Å². The molecule has 1 saturated heterocycles. The Kier molecular flexibility index (Phi) is 7.37. The largest absolute Gasteiger partial charge is 0.477 e. The number of aryl methyl sites for hydroxylation is 1. The molecule has 2 aliphatic heterocycles. The number of aromatic nitrogens is 4. The zero-order chi connectivity index (χ0) is 26.2. The second-order valence-corrected chi connectivity index (χ2v) is 11.4. The van der Waals surface area contributed by atoms with Crippen molar-refractivity contribution in [3.8, 4) is 0 Å². The van der Waals surface area contributed by atoms with Crippen LogP contribution in [-0.4, -0.2) is 89.0 Å². The second kappa shape index (κ2) is 10.2. The zero-order valence-corrected chi connectivity index (χ0v) is 21.0. The molecule has 4 rings (SSSR count). The molecule has 14 nitrogen and oxygen atoms in total. The van der Waals surface area contributed by atoms with Crippen molar-refractivity contribution >= 4 is 51.4 Å². The molecule has 2 aliphatic rings. The van der Waals surface area contributed by atoms with Crippen molar-refractivity contribution < 1.29 is 37.6 Å². The Hall–Kier alpha value is -2.99. The van der Waals surface area contributed by atoms with Gasteiger partial charge in [0.05, 0.1) is 0 Å². The molecule has 1 aromatic carbocycles. The van der Waals surface area contributed by atoms with Gasteiger partial charge < -0.3 is 15.5 Å². The number of aliphatic hydroxyl groups excluding tert-OH is 1. The van der Waals surface area contributed by atoms with Gasteiger partial charge in [-0.05, 0) is 28.5 Å². The van der Waals surface area contributed by atoms with Gasteiger partial charge in [-0.3, -0.25) is 19.0 Å². The number of fused-ring (bicyclic) bond motifs is 1. The van der Waals surface area contributed by atoms with Gasteiger partial charge in [-0.25, -0.2) is 9.48 Å². The third kappa shape index (κ3) is 5.39. The second-order valence-electron chi connectivity index (χ2n) is 7.93. The summed E-state index contributed by atoms with van der Waals surface area (Å²) in [5.41, 5.74) is 1.44. The number of amides is 2. The molecule has 1 aromatic heterocycles. The maximum absolute atomic E-state index is 12.8. The smallest absolute Gasteiger partial charge is 0.352 e. The van der Waals surface area contributed by atoms with Crippen LogP contribution in [0.5, 0.6) is 0 Å². The van der Waals surface area contributed by atoms with E-state index in [9.17, 15) is 33.0 Å². The number of nitrogens with zero attached hydrogens (tertiary/aromatic N) is 5. The van der Waals surface area contributed by atoms with Crippen molar-refractivity contribution in [1.82, 2.24) is 30.4 Å². The van der Waals surface area contributed by atoms with Gasteiger partial charge in [0.25, 0.3) is 21.9 Å². The first-order chi connectivity index (χ1) is 17.0. The van der Waals surface area contributed by atoms with Crippen molar-refractivity contribution in [3.05, 3.63) is 46.7 Å². The predicted molar refractivity (Wildman–Crippen MR) is 126 cm³/mol. The van der Waals surface area contributed by atoms with Crippen LogP contribution in [-0.2, 0) is 30.4 Å². The van der Waals surface area contributed by atoms with E-state index in [4.69, 9.17) is 4.55 Å². The van der Waals surface area contributed by atoms with Crippen molar-refractivity contribution in [2.24, 2.45) is 0 Å². The minimum atomic E-state index is -4.40. The summed E-state index contributed by atoms with van der Waals surface area (Å²) in [5, 5.41) is 32.5. The summed E-state index contributed by atoms with van der Waals surface area (Å²) in [5.74, 6) is -3.38. The van der Waals surface area contributed by atoms with Crippen LogP contribution in [0.25, 0.3) is 0 Å². The van der Waals surface area contributed by atoms with Crippen molar-refractivity contribution in [3.63, 3.8) is 0 Å². The van der Waals surface area contributed by atoms with E-state index < -0.39 is 51.3 Å². The Bertz CT molecular complexity index is 1340. The lowest BCUT2D eigenvalue weighted by atomic mass is 10.0. The fraction of sp³-hybridized carbons (Fsp3) is 0.368. The summed E-state index contributed by atoms with van der Waals surface area (Å²) in [7, 11) is -4.40. The summed E-state index contributed by atoms with van der Waals surface area (Å²) in [6.07, 6.45) is -1.49. The first-order valence-corrected chi connectivity index (χ1v) is 13.9. The van der Waals surface area contributed by atoms with Crippen LogP contribution >= 0.6 is 23.5 Å². The van der Waals surface area contributed by atoms with E-state index in [1.807, 2.05) is 6.92 Å². The number of thioether (sulfide) groups is 2. The summed E-state index contributed by atoms with van der Waals surface area (Å²) in [6, 6.07) is 5.68. The van der Waals surface area contributed by atoms with Crippen LogP contribution in [0.3, 0.4) is 0 Å². The third-order valence-electron chi connectivity index (χ3n) is 5.35. The van der Waals surface area contributed by atoms with Crippen molar-refractivity contribution in [1.29, 1.82) is 0 Å². The first-order valence-electron chi connectivity index (χ1n) is 10.3. The number of aliphatic carboxylic acids is 1. The number of β-lactam (4-membered cyclic amide) rings is 1. The first kappa shape index (κ1) is 26.1. The highest BCUT2D eigenvalue weighted by molar-refractivity contribution is 8.01. The van der Waals surface area contributed by atoms with Crippen molar-refractivity contribution in [2.45, 2.75) is 35.5 Å².